The van der Waals surface area contributed by atoms with Gasteiger partial charge in [0, 0.05) is 64.2 Å². The number of benzene rings is 1. The summed E-state index contributed by atoms with van der Waals surface area (Å²) < 4.78 is 51.2. The number of fused-ring (bicyclic) bond motifs is 1. The van der Waals surface area contributed by atoms with Crippen molar-refractivity contribution < 1.29 is 27.8 Å². The van der Waals surface area contributed by atoms with Crippen LogP contribution in [0.25, 0.3) is 11.3 Å². The summed E-state index contributed by atoms with van der Waals surface area (Å²) in [4.78, 5) is 20.7. The lowest BCUT2D eigenvalue weighted by molar-refractivity contribution is -0.141. The highest BCUT2D eigenvalue weighted by Gasteiger charge is 2.59. The molecule has 0 bridgehead atoms. The highest BCUT2D eigenvalue weighted by Crippen LogP contribution is 2.62. The number of rotatable bonds is 6. The van der Waals surface area contributed by atoms with E-state index in [1.807, 2.05) is 13.0 Å². The lowest BCUT2D eigenvalue weighted by Crippen LogP contribution is -2.50. The highest BCUT2D eigenvalue weighted by atomic mass is 32.3. The topological polar surface area (TPSA) is 104 Å². The van der Waals surface area contributed by atoms with E-state index >= 15 is 0 Å². The molecule has 2 atom stereocenters. The predicted molar refractivity (Wildman–Crippen MR) is 140 cm³/mol. The Balaban J connectivity index is 1.34. The molecule has 12 heteroatoms. The van der Waals surface area contributed by atoms with Gasteiger partial charge in [-0.2, -0.15) is 0 Å². The number of nitrogens with zero attached hydrogens (tertiary/aromatic N) is 5. The Morgan fingerprint density at radius 3 is 2.49 bits per heavy atom. The fraction of sp³-hybridized carbons (Fsp3) is 0.520. The van der Waals surface area contributed by atoms with E-state index in [1.54, 1.807) is 17.0 Å². The summed E-state index contributed by atoms with van der Waals surface area (Å²) in [6.45, 7) is 6.56. The van der Waals surface area contributed by atoms with E-state index in [-0.39, 0.29) is 18.9 Å². The van der Waals surface area contributed by atoms with Crippen LogP contribution in [-0.2, 0) is 11.3 Å². The van der Waals surface area contributed by atoms with Gasteiger partial charge in [-0.05, 0) is 54.1 Å². The van der Waals surface area contributed by atoms with Crippen molar-refractivity contribution in [1.82, 2.24) is 14.8 Å². The van der Waals surface area contributed by atoms with Crippen molar-refractivity contribution in [3.05, 3.63) is 41.5 Å². The van der Waals surface area contributed by atoms with Crippen LogP contribution in [0, 0.1) is 12.8 Å². The number of anilines is 2. The van der Waals surface area contributed by atoms with E-state index < -0.39 is 28.9 Å². The van der Waals surface area contributed by atoms with E-state index in [9.17, 15) is 27.8 Å². The third kappa shape index (κ3) is 4.88. The SMILES string of the molecule is Cc1ccc(CN2CCN(C(=O)C(C)O)CC2)cc1-c1ccc2c(n1)N(C)S(O)(O)N2CC1CC1(F)F. The third-order valence-corrected chi connectivity index (χ3v) is 9.30. The molecule has 2 aromatic rings. The van der Waals surface area contributed by atoms with Crippen LogP contribution in [-0.4, -0.2) is 86.7 Å². The van der Waals surface area contributed by atoms with Gasteiger partial charge in [-0.3, -0.25) is 18.8 Å². The van der Waals surface area contributed by atoms with Crippen LogP contribution in [0.3, 0.4) is 0 Å². The minimum absolute atomic E-state index is 0.141. The first-order valence-electron chi connectivity index (χ1n) is 12.4. The van der Waals surface area contributed by atoms with Crippen molar-refractivity contribution in [2.75, 3.05) is 48.4 Å². The molecule has 202 valence electrons. The molecule has 1 saturated heterocycles. The van der Waals surface area contributed by atoms with Gasteiger partial charge in [-0.1, -0.05) is 12.1 Å². The maximum absolute atomic E-state index is 13.6. The monoisotopic (exact) mass is 537 g/mol. The first-order valence-corrected chi connectivity index (χ1v) is 13.8. The molecule has 1 amide bonds. The predicted octanol–water partition coefficient (Wildman–Crippen LogP) is 3.57. The van der Waals surface area contributed by atoms with Crippen LogP contribution in [0.15, 0.2) is 30.3 Å². The fourth-order valence-corrected chi connectivity index (χ4v) is 6.42. The van der Waals surface area contributed by atoms with Crippen LogP contribution < -0.4 is 8.61 Å². The summed E-state index contributed by atoms with van der Waals surface area (Å²) in [5.74, 6) is -3.55. The molecule has 3 heterocycles. The van der Waals surface area contributed by atoms with Gasteiger partial charge in [0.2, 0.25) is 0 Å². The molecule has 2 fully saturated rings. The first-order chi connectivity index (χ1) is 17.4. The summed E-state index contributed by atoms with van der Waals surface area (Å²) >= 11 is 0. The van der Waals surface area contributed by atoms with Gasteiger partial charge in [-0.25, -0.2) is 22.4 Å². The zero-order chi connectivity index (χ0) is 26.7. The molecule has 1 aromatic heterocycles. The number of aryl methyl sites for hydroxylation is 1. The first kappa shape index (κ1) is 26.1. The number of alkyl halides is 2. The van der Waals surface area contributed by atoms with E-state index in [4.69, 9.17) is 4.98 Å². The van der Waals surface area contributed by atoms with E-state index in [0.29, 0.717) is 49.9 Å². The van der Waals surface area contributed by atoms with E-state index in [0.717, 1.165) is 16.7 Å². The van der Waals surface area contributed by atoms with Gasteiger partial charge in [-0.15, -0.1) is 0 Å². The van der Waals surface area contributed by atoms with Crippen molar-refractivity contribution in [2.45, 2.75) is 38.8 Å². The standard InChI is InChI=1S/C25H33F2N5O4S/c1-16-4-5-18(14-30-8-10-31(11-9-30)24(34)17(2)33)12-20(16)21-6-7-22-23(28-21)29(3)37(35,36)32(22)15-19-13-25(19,26)27/h4-7,12,17,19,33,35-36H,8-11,13-15H2,1-3H3. The summed E-state index contributed by atoms with van der Waals surface area (Å²) in [6, 6.07) is 9.65. The molecule has 37 heavy (non-hydrogen) atoms. The average Bonchev–Trinajstić information content (AvgIpc) is 3.42. The van der Waals surface area contributed by atoms with Crippen LogP contribution >= 0.6 is 11.0 Å². The second-order valence-corrected chi connectivity index (χ2v) is 12.1. The van der Waals surface area contributed by atoms with E-state index in [2.05, 4.69) is 17.0 Å². The number of piperazine rings is 1. The van der Waals surface area contributed by atoms with Crippen molar-refractivity contribution in [2.24, 2.45) is 5.92 Å². The maximum atomic E-state index is 13.6. The number of hydrogen-bond donors (Lipinski definition) is 3. The molecule has 1 saturated carbocycles. The molecular weight excluding hydrogens is 504 g/mol. The second kappa shape index (κ2) is 9.35. The lowest BCUT2D eigenvalue weighted by Gasteiger charge is -2.41. The summed E-state index contributed by atoms with van der Waals surface area (Å²) in [5.41, 5.74) is 4.08. The van der Waals surface area contributed by atoms with Crippen molar-refractivity contribution in [1.29, 1.82) is 0 Å². The molecule has 9 nitrogen and oxygen atoms in total. The van der Waals surface area contributed by atoms with Crippen LogP contribution in [0.4, 0.5) is 20.3 Å². The van der Waals surface area contributed by atoms with Crippen LogP contribution in [0.2, 0.25) is 0 Å². The Morgan fingerprint density at radius 2 is 1.86 bits per heavy atom. The van der Waals surface area contributed by atoms with Gasteiger partial charge in [0.15, 0.2) is 5.82 Å². The van der Waals surface area contributed by atoms with Crippen molar-refractivity contribution >= 4 is 28.4 Å². The smallest absolute Gasteiger partial charge is 0.253 e. The summed E-state index contributed by atoms with van der Waals surface area (Å²) in [5, 5.41) is 9.55. The van der Waals surface area contributed by atoms with Gasteiger partial charge in [0.25, 0.3) is 11.8 Å². The number of hydrogen-bond acceptors (Lipinski definition) is 8. The Hall–Kier alpha value is -2.51. The number of halogens is 2. The molecule has 3 aliphatic rings. The maximum Gasteiger partial charge on any atom is 0.253 e. The molecule has 0 spiro atoms. The van der Waals surface area contributed by atoms with E-state index in [1.165, 1.54) is 22.6 Å². The number of aliphatic hydroxyl groups excluding tert-OH is 1. The van der Waals surface area contributed by atoms with Gasteiger partial charge < -0.3 is 10.0 Å². The van der Waals surface area contributed by atoms with Gasteiger partial charge in [0.05, 0.1) is 5.69 Å². The Labute approximate surface area is 216 Å². The lowest BCUT2D eigenvalue weighted by atomic mass is 10.0. The molecule has 1 aromatic carbocycles. The second-order valence-electron chi connectivity index (χ2n) is 10.2. The molecule has 2 unspecified atom stereocenters. The minimum atomic E-state index is -3.46. The molecule has 2 aliphatic heterocycles. The highest BCUT2D eigenvalue weighted by molar-refractivity contribution is 8.26. The third-order valence-electron chi connectivity index (χ3n) is 7.45. The molecule has 0 radical (unpaired) electrons. The van der Waals surface area contributed by atoms with Gasteiger partial charge >= 0.3 is 0 Å². The zero-order valence-corrected chi connectivity index (χ0v) is 22.0. The Morgan fingerprint density at radius 1 is 1.19 bits per heavy atom. The number of carbonyl (C=O) groups is 1. The largest absolute Gasteiger partial charge is 0.384 e. The van der Waals surface area contributed by atoms with Crippen molar-refractivity contribution in [3.8, 4) is 11.3 Å². The minimum Gasteiger partial charge on any atom is -0.384 e. The molecule has 3 N–H and O–H groups in total. The normalized spacial score (nSPS) is 24.1. The molecular formula is C25H33F2N5O4S. The molecule has 5 rings (SSSR count). The number of carbonyl (C=O) groups excluding carboxylic acids is 1. The Bertz CT molecular complexity index is 1210. The van der Waals surface area contributed by atoms with Crippen LogP contribution in [0.5, 0.6) is 0 Å². The number of amides is 1. The zero-order valence-electron chi connectivity index (χ0n) is 21.1. The number of aliphatic hydroxyl groups is 1. The number of aromatic nitrogens is 1. The van der Waals surface area contributed by atoms with Gasteiger partial charge in [0.1, 0.15) is 11.8 Å². The van der Waals surface area contributed by atoms with Crippen molar-refractivity contribution in [3.63, 3.8) is 0 Å². The average molecular weight is 538 g/mol. The number of pyridine rings is 1. The Kier molecular flexibility index (Phi) is 6.60. The quantitative estimate of drug-likeness (QED) is 0.514. The summed E-state index contributed by atoms with van der Waals surface area (Å²) in [7, 11) is -1.95. The fourth-order valence-electron chi connectivity index (χ4n) is 4.97. The van der Waals surface area contributed by atoms with Crippen LogP contribution in [0.1, 0.15) is 24.5 Å². The summed E-state index contributed by atoms with van der Waals surface area (Å²) in [6.07, 6.45) is -1.24. The molecule has 1 aliphatic carbocycles.